The van der Waals surface area contributed by atoms with Crippen LogP contribution in [0.1, 0.15) is 0 Å². The predicted molar refractivity (Wildman–Crippen MR) is 142 cm³/mol. The summed E-state index contributed by atoms with van der Waals surface area (Å²) in [6.45, 7) is 0. The Morgan fingerprint density at radius 3 is 1.54 bits per heavy atom. The van der Waals surface area contributed by atoms with Crippen molar-refractivity contribution in [1.29, 1.82) is 0 Å². The lowest BCUT2D eigenvalue weighted by Crippen LogP contribution is -1.77. The third kappa shape index (κ3) is 4.91. The van der Waals surface area contributed by atoms with Crippen LogP contribution in [0.5, 0.6) is 0 Å². The lowest BCUT2D eigenvalue weighted by Gasteiger charge is -2.01. The van der Waals surface area contributed by atoms with E-state index in [2.05, 4.69) is 9.97 Å². The Labute approximate surface area is 218 Å². The first-order valence-electron chi connectivity index (χ1n) is 10.4. The number of fused-ring (bicyclic) bond motifs is 2. The summed E-state index contributed by atoms with van der Waals surface area (Å²) in [6, 6.07) is 26.3. The van der Waals surface area contributed by atoms with Gasteiger partial charge in [0.05, 0.1) is 0 Å². The van der Waals surface area contributed by atoms with Crippen LogP contribution < -0.4 is 0 Å². The quantitative estimate of drug-likeness (QED) is 0.196. The van der Waals surface area contributed by atoms with Crippen LogP contribution in [0.2, 0.25) is 10.0 Å². The monoisotopic (exact) mass is 536 g/mol. The van der Waals surface area contributed by atoms with Gasteiger partial charge in [-0.3, -0.25) is 0 Å². The van der Waals surface area contributed by atoms with E-state index in [1.165, 1.54) is 24.1 Å². The Morgan fingerprint density at radius 1 is 0.600 bits per heavy atom. The molecule has 0 unspecified atom stereocenters. The fraction of sp³-hybridized carbons (Fsp3) is 0. The van der Waals surface area contributed by atoms with E-state index in [0.29, 0.717) is 33.0 Å². The van der Waals surface area contributed by atoms with E-state index in [-0.39, 0.29) is 0 Å². The van der Waals surface area contributed by atoms with Crippen LogP contribution in [0.3, 0.4) is 0 Å². The Morgan fingerprint density at radius 2 is 1.09 bits per heavy atom. The molecule has 0 saturated carbocycles. The maximum Gasteiger partial charge on any atom is 0.227 e. The van der Waals surface area contributed by atoms with Crippen molar-refractivity contribution in [2.75, 3.05) is 0 Å². The van der Waals surface area contributed by atoms with E-state index >= 15 is 0 Å². The Kier molecular flexibility index (Phi) is 6.18. The van der Waals surface area contributed by atoms with E-state index < -0.39 is 0 Å². The molecule has 0 aliphatic heterocycles. The second-order valence-electron chi connectivity index (χ2n) is 7.55. The van der Waals surface area contributed by atoms with E-state index in [4.69, 9.17) is 35.7 Å². The minimum atomic E-state index is 0.526. The lowest BCUT2D eigenvalue weighted by molar-refractivity contribution is 0.619. The molecular formula is C26H14Cl2N2O3S2. The average molecular weight is 537 g/mol. The Hall–Kier alpha value is -2.94. The number of aromatic nitrogens is 2. The van der Waals surface area contributed by atoms with Crippen LogP contribution in [0, 0.1) is 0 Å². The summed E-state index contributed by atoms with van der Waals surface area (Å²) >= 11 is 14.7. The van der Waals surface area contributed by atoms with Gasteiger partial charge < -0.3 is 8.83 Å². The molecule has 0 spiro atoms. The van der Waals surface area contributed by atoms with Gasteiger partial charge in [-0.15, -0.1) is 0 Å². The van der Waals surface area contributed by atoms with Gasteiger partial charge in [0, 0.05) is 55.0 Å². The molecule has 5 nitrogen and oxygen atoms in total. The highest BCUT2D eigenvalue weighted by atomic mass is 35.5. The van der Waals surface area contributed by atoms with Gasteiger partial charge in [0.25, 0.3) is 0 Å². The SMILES string of the molecule is Clc1cccc(-c2nc3cc(SOSc4ccc5oc(-c6cccc(Cl)c6)nc5c4)ccc3o2)c1. The number of nitrogens with zero attached hydrogens (tertiary/aromatic N) is 2. The van der Waals surface area contributed by atoms with Crippen molar-refractivity contribution in [3.05, 3.63) is 95.0 Å². The molecule has 4 aromatic carbocycles. The molecule has 6 rings (SSSR count). The summed E-state index contributed by atoms with van der Waals surface area (Å²) in [5.41, 5.74) is 4.55. The third-order valence-corrected chi connectivity index (χ3v) is 7.03. The largest absolute Gasteiger partial charge is 0.436 e. The second-order valence-corrected chi connectivity index (χ2v) is 10.2. The van der Waals surface area contributed by atoms with Crippen LogP contribution in [0.25, 0.3) is 45.1 Å². The molecule has 2 aromatic heterocycles. The zero-order valence-electron chi connectivity index (χ0n) is 17.8. The van der Waals surface area contributed by atoms with E-state index in [1.54, 1.807) is 0 Å². The first-order valence-corrected chi connectivity index (χ1v) is 12.7. The summed E-state index contributed by atoms with van der Waals surface area (Å²) in [7, 11) is 0. The lowest BCUT2D eigenvalue weighted by atomic mass is 10.2. The number of halogens is 2. The van der Waals surface area contributed by atoms with Crippen molar-refractivity contribution in [2.24, 2.45) is 0 Å². The molecule has 6 aromatic rings. The maximum absolute atomic E-state index is 6.09. The molecule has 172 valence electrons. The summed E-state index contributed by atoms with van der Waals surface area (Å²) in [5, 5.41) is 1.27. The van der Waals surface area contributed by atoms with Gasteiger partial charge in [0.2, 0.25) is 11.8 Å². The van der Waals surface area contributed by atoms with Crippen molar-refractivity contribution in [1.82, 2.24) is 9.97 Å². The molecule has 2 heterocycles. The van der Waals surface area contributed by atoms with Crippen molar-refractivity contribution in [3.63, 3.8) is 0 Å². The number of hydrogen-bond acceptors (Lipinski definition) is 7. The average Bonchev–Trinajstić information content (AvgIpc) is 3.48. The van der Waals surface area contributed by atoms with Crippen LogP contribution in [0.4, 0.5) is 0 Å². The molecule has 35 heavy (non-hydrogen) atoms. The van der Waals surface area contributed by atoms with Crippen LogP contribution in [-0.2, 0) is 3.63 Å². The van der Waals surface area contributed by atoms with Crippen molar-refractivity contribution < 1.29 is 12.5 Å². The smallest absolute Gasteiger partial charge is 0.227 e. The molecule has 0 N–H and O–H groups in total. The number of oxazole rings is 2. The van der Waals surface area contributed by atoms with Crippen LogP contribution in [0.15, 0.2) is 104 Å². The number of benzene rings is 4. The molecule has 9 heteroatoms. The van der Waals surface area contributed by atoms with Gasteiger partial charge >= 0.3 is 0 Å². The molecule has 0 aliphatic carbocycles. The van der Waals surface area contributed by atoms with E-state index in [0.717, 1.165) is 32.0 Å². The molecular weight excluding hydrogens is 523 g/mol. The zero-order valence-corrected chi connectivity index (χ0v) is 20.9. The second kappa shape index (κ2) is 9.60. The number of rotatable bonds is 6. The van der Waals surface area contributed by atoms with Gasteiger partial charge in [-0.05, 0) is 72.8 Å². The van der Waals surface area contributed by atoms with E-state index in [1.807, 2.05) is 84.9 Å². The summed E-state index contributed by atoms with van der Waals surface area (Å²) < 4.78 is 17.5. The van der Waals surface area contributed by atoms with Crippen LogP contribution >= 0.6 is 47.3 Å². The minimum Gasteiger partial charge on any atom is -0.436 e. The summed E-state index contributed by atoms with van der Waals surface area (Å²) in [6.07, 6.45) is 0. The predicted octanol–water partition coefficient (Wildman–Crippen LogP) is 9.34. The van der Waals surface area contributed by atoms with Crippen molar-refractivity contribution in [3.8, 4) is 22.9 Å². The minimum absolute atomic E-state index is 0.526. The zero-order chi connectivity index (χ0) is 23.8. The normalized spacial score (nSPS) is 11.5. The van der Waals surface area contributed by atoms with Crippen molar-refractivity contribution in [2.45, 2.75) is 9.79 Å². The third-order valence-electron chi connectivity index (χ3n) is 5.12. The Balaban J connectivity index is 1.15. The molecule has 0 atom stereocenters. The summed E-state index contributed by atoms with van der Waals surface area (Å²) in [5.74, 6) is 1.05. The fourth-order valence-electron chi connectivity index (χ4n) is 3.50. The fourth-order valence-corrected chi connectivity index (χ4v) is 5.22. The summed E-state index contributed by atoms with van der Waals surface area (Å²) in [4.78, 5) is 11.0. The molecule has 0 radical (unpaired) electrons. The van der Waals surface area contributed by atoms with Gasteiger partial charge in [-0.1, -0.05) is 35.3 Å². The molecule has 0 saturated heterocycles. The highest BCUT2D eigenvalue weighted by Crippen LogP contribution is 2.35. The highest BCUT2D eigenvalue weighted by Gasteiger charge is 2.12. The first-order chi connectivity index (χ1) is 17.1. The number of hydrogen-bond donors (Lipinski definition) is 0. The topological polar surface area (TPSA) is 61.3 Å². The standard InChI is InChI=1S/C26H14Cl2N2O3S2/c27-17-5-1-3-15(11-17)25-29-21-13-19(7-9-23(21)31-25)34-33-35-20-8-10-24-22(14-20)30-26(32-24)16-4-2-6-18(28)12-16/h1-14H. The van der Waals surface area contributed by atoms with Gasteiger partial charge in [-0.2, -0.15) is 0 Å². The molecule has 0 bridgehead atoms. The van der Waals surface area contributed by atoms with Gasteiger partial charge in [-0.25, -0.2) is 13.6 Å². The molecule has 0 aliphatic rings. The first kappa shape index (κ1) is 22.5. The molecule has 0 fully saturated rings. The van der Waals surface area contributed by atoms with E-state index in [9.17, 15) is 0 Å². The maximum atomic E-state index is 6.09. The van der Waals surface area contributed by atoms with Crippen LogP contribution in [-0.4, -0.2) is 9.97 Å². The molecule has 0 amide bonds. The highest BCUT2D eigenvalue weighted by molar-refractivity contribution is 8.07. The van der Waals surface area contributed by atoms with Gasteiger partial charge in [0.15, 0.2) is 11.2 Å². The van der Waals surface area contributed by atoms with Crippen molar-refractivity contribution >= 4 is 69.5 Å². The Bertz CT molecular complexity index is 1560. The van der Waals surface area contributed by atoms with Gasteiger partial charge in [0.1, 0.15) is 11.0 Å².